The van der Waals surface area contributed by atoms with Crippen LogP contribution in [0, 0.1) is 0 Å². The van der Waals surface area contributed by atoms with Gasteiger partial charge in [0, 0.05) is 18.2 Å². The van der Waals surface area contributed by atoms with E-state index in [1.807, 2.05) is 31.2 Å². The first-order chi connectivity index (χ1) is 9.01. The molecular weight excluding hydrogens is 299 g/mol. The highest BCUT2D eigenvalue weighted by Gasteiger charge is 2.36. The second kappa shape index (κ2) is 7.27. The SMILES string of the molecule is CC(NC(=O)C1(N)CCOCC1)c1ccc(Cl)cc1.Cl. The molecule has 0 bridgehead atoms. The standard InChI is InChI=1S/C14H19ClN2O2.ClH/c1-10(11-2-4-12(15)5-3-11)17-13(18)14(16)6-8-19-9-7-14;/h2-5,10H,6-9,16H2,1H3,(H,17,18);1H. The predicted molar refractivity (Wildman–Crippen MR) is 82.2 cm³/mol. The first kappa shape index (κ1) is 17.2. The summed E-state index contributed by atoms with van der Waals surface area (Å²) in [7, 11) is 0. The summed E-state index contributed by atoms with van der Waals surface area (Å²) in [5.74, 6) is -0.113. The van der Waals surface area contributed by atoms with E-state index < -0.39 is 5.54 Å². The summed E-state index contributed by atoms with van der Waals surface area (Å²) in [4.78, 5) is 12.3. The summed E-state index contributed by atoms with van der Waals surface area (Å²) < 4.78 is 5.24. The van der Waals surface area contributed by atoms with Gasteiger partial charge in [0.1, 0.15) is 0 Å². The molecule has 112 valence electrons. The van der Waals surface area contributed by atoms with E-state index >= 15 is 0 Å². The van der Waals surface area contributed by atoms with Crippen molar-refractivity contribution in [3.8, 4) is 0 Å². The van der Waals surface area contributed by atoms with Crippen molar-refractivity contribution in [1.29, 1.82) is 0 Å². The molecule has 1 unspecified atom stereocenters. The minimum atomic E-state index is -0.807. The minimum Gasteiger partial charge on any atom is -0.381 e. The van der Waals surface area contributed by atoms with E-state index in [2.05, 4.69) is 5.32 Å². The molecule has 1 heterocycles. The lowest BCUT2D eigenvalue weighted by Crippen LogP contribution is -2.57. The Kier molecular flexibility index (Phi) is 6.27. The van der Waals surface area contributed by atoms with Crippen molar-refractivity contribution in [2.75, 3.05) is 13.2 Å². The van der Waals surface area contributed by atoms with Gasteiger partial charge >= 0.3 is 0 Å². The first-order valence-corrected chi connectivity index (χ1v) is 6.82. The molecule has 0 aliphatic carbocycles. The van der Waals surface area contributed by atoms with Crippen LogP contribution in [0.25, 0.3) is 0 Å². The van der Waals surface area contributed by atoms with Gasteiger partial charge in [0.05, 0.1) is 11.6 Å². The molecule has 2 rings (SSSR count). The summed E-state index contributed by atoms with van der Waals surface area (Å²) in [6, 6.07) is 7.34. The zero-order valence-corrected chi connectivity index (χ0v) is 13.0. The molecule has 0 spiro atoms. The predicted octanol–water partition coefficient (Wildman–Crippen LogP) is 2.45. The fraction of sp³-hybridized carbons (Fsp3) is 0.500. The summed E-state index contributed by atoms with van der Waals surface area (Å²) in [6.07, 6.45) is 1.12. The van der Waals surface area contributed by atoms with Crippen molar-refractivity contribution >= 4 is 29.9 Å². The van der Waals surface area contributed by atoms with E-state index in [0.717, 1.165) is 5.56 Å². The Hall–Kier alpha value is -0.810. The topological polar surface area (TPSA) is 64.4 Å². The van der Waals surface area contributed by atoms with Crippen LogP contribution in [0.4, 0.5) is 0 Å². The van der Waals surface area contributed by atoms with Gasteiger partial charge in [0.2, 0.25) is 5.91 Å². The number of rotatable bonds is 3. The minimum absolute atomic E-state index is 0. The number of carbonyl (C=O) groups is 1. The van der Waals surface area contributed by atoms with Crippen LogP contribution in [0.2, 0.25) is 5.02 Å². The van der Waals surface area contributed by atoms with E-state index in [1.165, 1.54) is 0 Å². The molecule has 20 heavy (non-hydrogen) atoms. The molecule has 1 aromatic rings. The van der Waals surface area contributed by atoms with Gasteiger partial charge in [-0.2, -0.15) is 0 Å². The molecule has 4 nitrogen and oxygen atoms in total. The van der Waals surface area contributed by atoms with Crippen molar-refractivity contribution in [3.63, 3.8) is 0 Å². The summed E-state index contributed by atoms with van der Waals surface area (Å²) in [5, 5.41) is 3.65. The maximum atomic E-state index is 12.3. The average Bonchev–Trinajstić information content (AvgIpc) is 2.40. The Balaban J connectivity index is 0.00000200. The number of amides is 1. The van der Waals surface area contributed by atoms with Crippen molar-refractivity contribution in [2.45, 2.75) is 31.3 Å². The maximum Gasteiger partial charge on any atom is 0.240 e. The Morgan fingerprint density at radius 2 is 1.90 bits per heavy atom. The number of hydrogen-bond acceptors (Lipinski definition) is 3. The average molecular weight is 319 g/mol. The molecular formula is C14H20Cl2N2O2. The highest BCUT2D eigenvalue weighted by Crippen LogP contribution is 2.21. The number of hydrogen-bond donors (Lipinski definition) is 2. The molecule has 1 fully saturated rings. The first-order valence-electron chi connectivity index (χ1n) is 6.44. The Labute approximate surface area is 130 Å². The molecule has 0 aromatic heterocycles. The van der Waals surface area contributed by atoms with Gasteiger partial charge in [0.25, 0.3) is 0 Å². The molecule has 1 aliphatic heterocycles. The fourth-order valence-corrected chi connectivity index (χ4v) is 2.26. The lowest BCUT2D eigenvalue weighted by molar-refractivity contribution is -0.130. The van der Waals surface area contributed by atoms with Gasteiger partial charge < -0.3 is 15.8 Å². The summed E-state index contributed by atoms with van der Waals surface area (Å²) >= 11 is 5.84. The number of benzene rings is 1. The molecule has 1 saturated heterocycles. The molecule has 1 atom stereocenters. The van der Waals surface area contributed by atoms with E-state index in [1.54, 1.807) is 0 Å². The number of nitrogens with one attached hydrogen (secondary N) is 1. The maximum absolute atomic E-state index is 12.3. The number of halogens is 2. The highest BCUT2D eigenvalue weighted by molar-refractivity contribution is 6.30. The van der Waals surface area contributed by atoms with Crippen LogP contribution in [0.15, 0.2) is 24.3 Å². The fourth-order valence-electron chi connectivity index (χ4n) is 2.14. The molecule has 6 heteroatoms. The van der Waals surface area contributed by atoms with Crippen LogP contribution in [0.3, 0.4) is 0 Å². The Morgan fingerprint density at radius 3 is 2.45 bits per heavy atom. The number of ether oxygens (including phenoxy) is 1. The third-order valence-corrected chi connectivity index (χ3v) is 3.81. The summed E-state index contributed by atoms with van der Waals surface area (Å²) in [6.45, 7) is 3.02. The van der Waals surface area contributed by atoms with Gasteiger partial charge in [-0.15, -0.1) is 12.4 Å². The summed E-state index contributed by atoms with van der Waals surface area (Å²) in [5.41, 5.74) is 6.34. The van der Waals surface area contributed by atoms with E-state index in [9.17, 15) is 4.79 Å². The molecule has 1 aromatic carbocycles. The number of carbonyl (C=O) groups excluding carboxylic acids is 1. The van der Waals surface area contributed by atoms with Crippen molar-refractivity contribution in [1.82, 2.24) is 5.32 Å². The lowest BCUT2D eigenvalue weighted by Gasteiger charge is -2.33. The van der Waals surface area contributed by atoms with Crippen LogP contribution in [0.5, 0.6) is 0 Å². The van der Waals surface area contributed by atoms with E-state index in [4.69, 9.17) is 22.1 Å². The van der Waals surface area contributed by atoms with Crippen LogP contribution >= 0.6 is 24.0 Å². The van der Waals surface area contributed by atoms with Crippen molar-refractivity contribution in [3.05, 3.63) is 34.9 Å². The van der Waals surface area contributed by atoms with Gasteiger partial charge in [-0.25, -0.2) is 0 Å². The second-order valence-corrected chi connectivity index (χ2v) is 5.45. The smallest absolute Gasteiger partial charge is 0.240 e. The van der Waals surface area contributed by atoms with E-state index in [0.29, 0.717) is 31.1 Å². The zero-order valence-electron chi connectivity index (χ0n) is 11.4. The molecule has 1 amide bonds. The lowest BCUT2D eigenvalue weighted by atomic mass is 9.90. The van der Waals surface area contributed by atoms with Crippen molar-refractivity contribution in [2.24, 2.45) is 5.73 Å². The van der Waals surface area contributed by atoms with Crippen LogP contribution in [0.1, 0.15) is 31.4 Å². The molecule has 1 aliphatic rings. The van der Waals surface area contributed by atoms with Crippen LogP contribution in [-0.2, 0) is 9.53 Å². The number of nitrogens with two attached hydrogens (primary N) is 1. The monoisotopic (exact) mass is 318 g/mol. The normalized spacial score (nSPS) is 18.8. The second-order valence-electron chi connectivity index (χ2n) is 5.02. The quantitative estimate of drug-likeness (QED) is 0.899. The van der Waals surface area contributed by atoms with Gasteiger partial charge in [0.15, 0.2) is 0 Å². The van der Waals surface area contributed by atoms with E-state index in [-0.39, 0.29) is 24.4 Å². The Morgan fingerprint density at radius 1 is 1.35 bits per heavy atom. The third-order valence-electron chi connectivity index (χ3n) is 3.55. The van der Waals surface area contributed by atoms with Crippen molar-refractivity contribution < 1.29 is 9.53 Å². The van der Waals surface area contributed by atoms with Gasteiger partial charge in [-0.3, -0.25) is 4.79 Å². The third kappa shape index (κ3) is 4.09. The largest absolute Gasteiger partial charge is 0.381 e. The molecule has 3 N–H and O–H groups in total. The van der Waals surface area contributed by atoms with Crippen LogP contribution < -0.4 is 11.1 Å². The van der Waals surface area contributed by atoms with Gasteiger partial charge in [-0.05, 0) is 37.5 Å². The molecule has 0 saturated carbocycles. The molecule has 0 radical (unpaired) electrons. The van der Waals surface area contributed by atoms with Crippen LogP contribution in [-0.4, -0.2) is 24.7 Å². The Bertz CT molecular complexity index is 445. The zero-order chi connectivity index (χ0) is 13.9. The highest BCUT2D eigenvalue weighted by atomic mass is 35.5. The van der Waals surface area contributed by atoms with Gasteiger partial charge in [-0.1, -0.05) is 23.7 Å².